The molecule has 0 saturated heterocycles. The third kappa shape index (κ3) is 4.03. The SMILES string of the molecule is Cc1cc([C@@](C)(O)CNS(=O)(=O)c2ccc(CC#N)cc2)c(C)o1. The summed E-state index contributed by atoms with van der Waals surface area (Å²) in [6.45, 7) is 4.83. The molecule has 2 N–H and O–H groups in total. The van der Waals surface area contributed by atoms with Gasteiger partial charge in [0.15, 0.2) is 0 Å². The fourth-order valence-corrected chi connectivity index (χ4v) is 3.59. The number of hydrogen-bond acceptors (Lipinski definition) is 5. The summed E-state index contributed by atoms with van der Waals surface area (Å²) >= 11 is 0. The van der Waals surface area contributed by atoms with E-state index in [1.165, 1.54) is 19.1 Å². The average molecular weight is 348 g/mol. The highest BCUT2D eigenvalue weighted by atomic mass is 32.2. The molecule has 6 nitrogen and oxygen atoms in total. The Labute approximate surface area is 141 Å². The first-order valence-corrected chi connectivity index (χ1v) is 8.89. The molecule has 0 aliphatic carbocycles. The molecule has 128 valence electrons. The maximum atomic E-state index is 12.4. The summed E-state index contributed by atoms with van der Waals surface area (Å²) in [5.41, 5.74) is -0.102. The smallest absolute Gasteiger partial charge is 0.240 e. The molecule has 0 radical (unpaired) electrons. The van der Waals surface area contributed by atoms with Gasteiger partial charge in [-0.15, -0.1) is 0 Å². The van der Waals surface area contributed by atoms with Crippen LogP contribution in [0.25, 0.3) is 0 Å². The van der Waals surface area contributed by atoms with E-state index in [2.05, 4.69) is 4.72 Å². The van der Waals surface area contributed by atoms with Gasteiger partial charge in [-0.1, -0.05) is 12.1 Å². The molecule has 1 aromatic carbocycles. The van der Waals surface area contributed by atoms with Gasteiger partial charge in [0.25, 0.3) is 0 Å². The van der Waals surface area contributed by atoms with E-state index < -0.39 is 15.6 Å². The first kappa shape index (κ1) is 18.2. The van der Waals surface area contributed by atoms with Gasteiger partial charge in [0.05, 0.1) is 17.4 Å². The maximum absolute atomic E-state index is 12.4. The number of nitrogens with zero attached hydrogens (tertiary/aromatic N) is 1. The van der Waals surface area contributed by atoms with Gasteiger partial charge in [-0.05, 0) is 44.5 Å². The molecule has 0 saturated carbocycles. The van der Waals surface area contributed by atoms with Crippen molar-refractivity contribution in [3.8, 4) is 6.07 Å². The molecule has 0 aliphatic rings. The van der Waals surface area contributed by atoms with Crippen LogP contribution in [0.5, 0.6) is 0 Å². The molecule has 1 aromatic heterocycles. The van der Waals surface area contributed by atoms with Crippen molar-refractivity contribution in [1.29, 1.82) is 5.26 Å². The van der Waals surface area contributed by atoms with Crippen LogP contribution in [0, 0.1) is 25.2 Å². The van der Waals surface area contributed by atoms with Gasteiger partial charge in [0, 0.05) is 12.1 Å². The molecule has 2 rings (SSSR count). The normalized spacial score (nSPS) is 14.1. The van der Waals surface area contributed by atoms with Crippen LogP contribution in [-0.2, 0) is 22.0 Å². The Morgan fingerprint density at radius 2 is 1.92 bits per heavy atom. The van der Waals surface area contributed by atoms with E-state index >= 15 is 0 Å². The summed E-state index contributed by atoms with van der Waals surface area (Å²) in [7, 11) is -3.76. The predicted molar refractivity (Wildman–Crippen MR) is 88.7 cm³/mol. The lowest BCUT2D eigenvalue weighted by Gasteiger charge is -2.23. The van der Waals surface area contributed by atoms with Crippen LogP contribution in [0.4, 0.5) is 0 Å². The van der Waals surface area contributed by atoms with Crippen molar-refractivity contribution in [3.63, 3.8) is 0 Å². The van der Waals surface area contributed by atoms with Crippen molar-refractivity contribution in [2.45, 2.75) is 37.7 Å². The molecule has 0 fully saturated rings. The quantitative estimate of drug-likeness (QED) is 0.832. The highest BCUT2D eigenvalue weighted by Crippen LogP contribution is 2.26. The van der Waals surface area contributed by atoms with Gasteiger partial charge in [-0.2, -0.15) is 5.26 Å². The third-order valence-corrected chi connectivity index (χ3v) is 5.16. The number of nitriles is 1. The summed E-state index contributed by atoms with van der Waals surface area (Å²) < 4.78 is 32.5. The second-order valence-electron chi connectivity index (χ2n) is 5.90. The van der Waals surface area contributed by atoms with Crippen LogP contribution >= 0.6 is 0 Å². The number of aliphatic hydroxyl groups is 1. The Kier molecular flexibility index (Phi) is 5.13. The molecule has 7 heteroatoms. The monoisotopic (exact) mass is 348 g/mol. The standard InChI is InChI=1S/C17H20N2O4S/c1-12-10-16(13(2)23-12)17(3,20)11-19-24(21,22)15-6-4-14(5-7-15)8-9-18/h4-7,10,19-20H,8,11H2,1-3H3/t17-/m0/s1. The minimum Gasteiger partial charge on any atom is -0.466 e. The number of nitrogens with one attached hydrogen (secondary N) is 1. The average Bonchev–Trinajstić information content (AvgIpc) is 2.86. The zero-order valence-corrected chi connectivity index (χ0v) is 14.6. The van der Waals surface area contributed by atoms with Crippen molar-refractivity contribution in [2.75, 3.05) is 6.54 Å². The van der Waals surface area contributed by atoms with E-state index in [4.69, 9.17) is 9.68 Å². The lowest BCUT2D eigenvalue weighted by Crippen LogP contribution is -2.38. The number of sulfonamides is 1. The molecule has 1 atom stereocenters. The highest BCUT2D eigenvalue weighted by Gasteiger charge is 2.29. The Morgan fingerprint density at radius 1 is 1.29 bits per heavy atom. The Morgan fingerprint density at radius 3 is 2.42 bits per heavy atom. The van der Waals surface area contributed by atoms with Crippen molar-refractivity contribution >= 4 is 10.0 Å². The topological polar surface area (TPSA) is 103 Å². The molecule has 0 bridgehead atoms. The van der Waals surface area contributed by atoms with E-state index in [1.54, 1.807) is 32.0 Å². The molecule has 0 spiro atoms. The summed E-state index contributed by atoms with van der Waals surface area (Å²) in [5, 5.41) is 19.2. The number of rotatable bonds is 6. The van der Waals surface area contributed by atoms with Crippen LogP contribution < -0.4 is 4.72 Å². The summed E-state index contributed by atoms with van der Waals surface area (Å²) in [6.07, 6.45) is 0.224. The van der Waals surface area contributed by atoms with Crippen LogP contribution in [0.15, 0.2) is 39.6 Å². The summed E-state index contributed by atoms with van der Waals surface area (Å²) in [5.74, 6) is 1.20. The molecule has 0 amide bonds. The van der Waals surface area contributed by atoms with Gasteiger partial charge >= 0.3 is 0 Å². The first-order chi connectivity index (χ1) is 11.2. The maximum Gasteiger partial charge on any atom is 0.240 e. The van der Waals surface area contributed by atoms with E-state index in [9.17, 15) is 13.5 Å². The lowest BCUT2D eigenvalue weighted by atomic mass is 9.97. The van der Waals surface area contributed by atoms with Crippen molar-refractivity contribution in [3.05, 3.63) is 53.0 Å². The van der Waals surface area contributed by atoms with Gasteiger partial charge in [0.2, 0.25) is 10.0 Å². The molecular weight excluding hydrogens is 328 g/mol. The van der Waals surface area contributed by atoms with E-state index in [0.717, 1.165) is 5.56 Å². The second-order valence-corrected chi connectivity index (χ2v) is 7.67. The van der Waals surface area contributed by atoms with Crippen molar-refractivity contribution in [2.24, 2.45) is 0 Å². The van der Waals surface area contributed by atoms with Crippen LogP contribution in [0.1, 0.15) is 29.6 Å². The van der Waals surface area contributed by atoms with Crippen LogP contribution in [0.2, 0.25) is 0 Å². The largest absolute Gasteiger partial charge is 0.466 e. The number of furan rings is 1. The second kappa shape index (κ2) is 6.77. The van der Waals surface area contributed by atoms with Gasteiger partial charge in [0.1, 0.15) is 17.1 Å². The van der Waals surface area contributed by atoms with Crippen LogP contribution in [0.3, 0.4) is 0 Å². The van der Waals surface area contributed by atoms with E-state index in [0.29, 0.717) is 17.1 Å². The minimum atomic E-state index is -3.76. The zero-order chi connectivity index (χ0) is 18.0. The predicted octanol–water partition coefficient (Wildman–Crippen LogP) is 2.15. The fourth-order valence-electron chi connectivity index (χ4n) is 2.46. The lowest BCUT2D eigenvalue weighted by molar-refractivity contribution is 0.0612. The number of aryl methyl sites for hydroxylation is 2. The third-order valence-electron chi connectivity index (χ3n) is 3.74. The minimum absolute atomic E-state index is 0.0834. The Balaban J connectivity index is 2.14. The molecule has 1 heterocycles. The zero-order valence-electron chi connectivity index (χ0n) is 13.8. The first-order valence-electron chi connectivity index (χ1n) is 7.41. The summed E-state index contributed by atoms with van der Waals surface area (Å²) in [6, 6.07) is 9.78. The molecule has 0 unspecified atom stereocenters. The fraction of sp³-hybridized carbons (Fsp3) is 0.353. The van der Waals surface area contributed by atoms with E-state index in [1.807, 2.05) is 6.07 Å². The van der Waals surface area contributed by atoms with Crippen molar-refractivity contribution < 1.29 is 17.9 Å². The number of benzene rings is 1. The Hall–Kier alpha value is -2.14. The molecular formula is C17H20N2O4S. The van der Waals surface area contributed by atoms with Gasteiger partial charge in [-0.3, -0.25) is 0 Å². The van der Waals surface area contributed by atoms with Gasteiger partial charge in [-0.25, -0.2) is 13.1 Å². The van der Waals surface area contributed by atoms with Crippen LogP contribution in [-0.4, -0.2) is 20.1 Å². The van der Waals surface area contributed by atoms with Crippen molar-refractivity contribution in [1.82, 2.24) is 4.72 Å². The molecule has 24 heavy (non-hydrogen) atoms. The van der Waals surface area contributed by atoms with Gasteiger partial charge < -0.3 is 9.52 Å². The highest BCUT2D eigenvalue weighted by molar-refractivity contribution is 7.89. The molecule has 2 aromatic rings. The summed E-state index contributed by atoms with van der Waals surface area (Å²) in [4.78, 5) is 0.0834. The molecule has 0 aliphatic heterocycles. The number of hydrogen-bond donors (Lipinski definition) is 2. The van der Waals surface area contributed by atoms with E-state index in [-0.39, 0.29) is 17.9 Å². The Bertz CT molecular complexity index is 859.